The van der Waals surface area contributed by atoms with Crippen molar-refractivity contribution in [1.29, 1.82) is 0 Å². The second-order valence-corrected chi connectivity index (χ2v) is 9.08. The number of hydrogen-bond acceptors (Lipinski definition) is 5. The summed E-state index contributed by atoms with van der Waals surface area (Å²) < 4.78 is 7.55. The molecule has 0 bridgehead atoms. The fourth-order valence-corrected chi connectivity index (χ4v) is 4.55. The van der Waals surface area contributed by atoms with Gasteiger partial charge in [0.15, 0.2) is 11.0 Å². The predicted molar refractivity (Wildman–Crippen MR) is 136 cm³/mol. The Labute approximate surface area is 204 Å². The summed E-state index contributed by atoms with van der Waals surface area (Å²) in [7, 11) is 3.48. The van der Waals surface area contributed by atoms with Gasteiger partial charge in [0, 0.05) is 19.3 Å². The molecule has 0 spiro atoms. The number of aromatic nitrogens is 3. The van der Waals surface area contributed by atoms with Crippen molar-refractivity contribution in [2.75, 3.05) is 19.9 Å². The van der Waals surface area contributed by atoms with Crippen molar-refractivity contribution in [2.45, 2.75) is 25.5 Å². The van der Waals surface area contributed by atoms with E-state index in [1.54, 1.807) is 12.0 Å². The van der Waals surface area contributed by atoms with Crippen LogP contribution < -0.4 is 4.74 Å². The Morgan fingerprint density at radius 2 is 1.68 bits per heavy atom. The van der Waals surface area contributed by atoms with E-state index in [1.165, 1.54) is 17.3 Å². The van der Waals surface area contributed by atoms with Crippen LogP contribution in [0, 0.1) is 13.8 Å². The third-order valence-electron chi connectivity index (χ3n) is 5.69. The van der Waals surface area contributed by atoms with Crippen molar-refractivity contribution in [3.8, 4) is 22.8 Å². The molecule has 1 amide bonds. The van der Waals surface area contributed by atoms with Gasteiger partial charge in [0.05, 0.1) is 18.4 Å². The van der Waals surface area contributed by atoms with Crippen molar-refractivity contribution in [2.24, 2.45) is 0 Å². The van der Waals surface area contributed by atoms with E-state index in [-0.39, 0.29) is 11.7 Å². The van der Waals surface area contributed by atoms with Gasteiger partial charge in [-0.2, -0.15) is 0 Å². The Bertz CT molecular complexity index is 1280. The third-order valence-corrected chi connectivity index (χ3v) is 6.61. The van der Waals surface area contributed by atoms with Gasteiger partial charge in [0.2, 0.25) is 5.91 Å². The minimum atomic E-state index is 0.0329. The molecule has 0 saturated carbocycles. The zero-order chi connectivity index (χ0) is 24.1. The third kappa shape index (κ3) is 5.15. The van der Waals surface area contributed by atoms with Crippen molar-refractivity contribution in [3.63, 3.8) is 0 Å². The minimum absolute atomic E-state index is 0.0329. The Morgan fingerprint density at radius 1 is 0.971 bits per heavy atom. The number of aryl methyl sites for hydroxylation is 2. The number of rotatable bonds is 8. The molecule has 174 valence electrons. The van der Waals surface area contributed by atoms with Gasteiger partial charge in [-0.25, -0.2) is 0 Å². The van der Waals surface area contributed by atoms with Crippen LogP contribution in [0.15, 0.2) is 78.0 Å². The van der Waals surface area contributed by atoms with Crippen LogP contribution in [0.25, 0.3) is 17.1 Å². The number of para-hydroxylation sites is 1. The molecule has 0 aliphatic carbocycles. The molecule has 0 saturated heterocycles. The summed E-state index contributed by atoms with van der Waals surface area (Å²) in [5.74, 6) is 1.68. The van der Waals surface area contributed by atoms with E-state index in [0.29, 0.717) is 23.3 Å². The first-order valence-electron chi connectivity index (χ1n) is 11.0. The quantitative estimate of drug-likeness (QED) is 0.325. The largest absolute Gasteiger partial charge is 0.496 e. The molecule has 4 rings (SSSR count). The Kier molecular flexibility index (Phi) is 7.33. The van der Waals surface area contributed by atoms with Gasteiger partial charge in [0.1, 0.15) is 5.75 Å². The minimum Gasteiger partial charge on any atom is -0.496 e. The molecule has 0 aliphatic rings. The number of nitrogens with zero attached hydrogens (tertiary/aromatic N) is 4. The fourth-order valence-electron chi connectivity index (χ4n) is 3.66. The lowest BCUT2D eigenvalue weighted by molar-refractivity contribution is -0.127. The van der Waals surface area contributed by atoms with Gasteiger partial charge in [-0.3, -0.25) is 9.36 Å². The number of methoxy groups -OCH3 is 1. The maximum absolute atomic E-state index is 12.9. The molecule has 0 unspecified atom stereocenters. The molecule has 0 aliphatic heterocycles. The molecular weight excluding hydrogens is 444 g/mol. The normalized spacial score (nSPS) is 10.8. The van der Waals surface area contributed by atoms with Crippen LogP contribution in [-0.2, 0) is 11.3 Å². The molecule has 1 aromatic heterocycles. The van der Waals surface area contributed by atoms with E-state index in [4.69, 9.17) is 4.74 Å². The summed E-state index contributed by atoms with van der Waals surface area (Å²) in [6, 6.07) is 24.0. The predicted octanol–water partition coefficient (Wildman–Crippen LogP) is 5.31. The summed E-state index contributed by atoms with van der Waals surface area (Å²) in [5, 5.41) is 9.58. The van der Waals surface area contributed by atoms with Crippen LogP contribution in [0.1, 0.15) is 16.7 Å². The summed E-state index contributed by atoms with van der Waals surface area (Å²) in [6.45, 7) is 4.69. The smallest absolute Gasteiger partial charge is 0.233 e. The second-order valence-electron chi connectivity index (χ2n) is 8.14. The van der Waals surface area contributed by atoms with Gasteiger partial charge in [-0.05, 0) is 49.2 Å². The average molecular weight is 473 g/mol. The summed E-state index contributed by atoms with van der Waals surface area (Å²) >= 11 is 1.38. The van der Waals surface area contributed by atoms with Gasteiger partial charge < -0.3 is 9.64 Å². The molecular formula is C27H28N4O2S. The van der Waals surface area contributed by atoms with Crippen molar-refractivity contribution in [1.82, 2.24) is 19.7 Å². The van der Waals surface area contributed by atoms with Gasteiger partial charge in [-0.15, -0.1) is 10.2 Å². The average Bonchev–Trinajstić information content (AvgIpc) is 3.28. The number of benzene rings is 3. The van der Waals surface area contributed by atoms with E-state index < -0.39 is 0 Å². The monoisotopic (exact) mass is 472 g/mol. The lowest BCUT2D eigenvalue weighted by Crippen LogP contribution is -2.28. The number of hydrogen-bond donors (Lipinski definition) is 0. The summed E-state index contributed by atoms with van der Waals surface area (Å²) in [6.07, 6.45) is 0. The first kappa shape index (κ1) is 23.6. The number of amides is 1. The molecule has 3 aromatic carbocycles. The van der Waals surface area contributed by atoms with Crippen molar-refractivity contribution >= 4 is 17.7 Å². The lowest BCUT2D eigenvalue weighted by Gasteiger charge is -2.18. The Balaban J connectivity index is 1.60. The molecule has 4 aromatic rings. The molecule has 6 nitrogen and oxygen atoms in total. The molecule has 34 heavy (non-hydrogen) atoms. The molecule has 0 radical (unpaired) electrons. The standard InChI is InChI=1S/C27H28N4O2S/c1-19-13-15-22(16-14-19)31-26(23-11-7-8-12-24(23)33-4)28-29-27(31)34-18-25(32)30(3)17-21-10-6-5-9-20(21)2/h5-16H,17-18H2,1-4H3. The van der Waals surface area contributed by atoms with E-state index >= 15 is 0 Å². The van der Waals surface area contributed by atoms with E-state index in [0.717, 1.165) is 22.4 Å². The number of carbonyl (C=O) groups is 1. The topological polar surface area (TPSA) is 60.3 Å². The van der Waals surface area contributed by atoms with E-state index in [2.05, 4.69) is 48.3 Å². The summed E-state index contributed by atoms with van der Waals surface area (Å²) in [5.41, 5.74) is 5.26. The van der Waals surface area contributed by atoms with Gasteiger partial charge >= 0.3 is 0 Å². The first-order chi connectivity index (χ1) is 16.5. The first-order valence-corrected chi connectivity index (χ1v) is 12.0. The van der Waals surface area contributed by atoms with Crippen LogP contribution in [0.3, 0.4) is 0 Å². The van der Waals surface area contributed by atoms with Crippen molar-refractivity contribution in [3.05, 3.63) is 89.5 Å². The zero-order valence-electron chi connectivity index (χ0n) is 19.9. The van der Waals surface area contributed by atoms with Crippen molar-refractivity contribution < 1.29 is 9.53 Å². The van der Waals surface area contributed by atoms with Crippen LogP contribution in [0.5, 0.6) is 5.75 Å². The maximum atomic E-state index is 12.9. The second kappa shape index (κ2) is 10.6. The molecule has 7 heteroatoms. The van der Waals surface area contributed by atoms with Crippen LogP contribution in [0.4, 0.5) is 0 Å². The van der Waals surface area contributed by atoms with Crippen LogP contribution in [0.2, 0.25) is 0 Å². The summed E-state index contributed by atoms with van der Waals surface area (Å²) in [4.78, 5) is 14.7. The Morgan fingerprint density at radius 3 is 2.41 bits per heavy atom. The number of carbonyl (C=O) groups excluding carboxylic acids is 1. The molecule has 0 fully saturated rings. The van der Waals surface area contributed by atoms with E-state index in [1.807, 2.05) is 60.1 Å². The highest BCUT2D eigenvalue weighted by Gasteiger charge is 2.20. The van der Waals surface area contributed by atoms with Gasteiger partial charge in [0.25, 0.3) is 0 Å². The van der Waals surface area contributed by atoms with Crippen LogP contribution >= 0.6 is 11.8 Å². The number of thioether (sulfide) groups is 1. The van der Waals surface area contributed by atoms with E-state index in [9.17, 15) is 4.79 Å². The highest BCUT2D eigenvalue weighted by Crippen LogP contribution is 2.33. The number of ether oxygens (including phenoxy) is 1. The highest BCUT2D eigenvalue weighted by atomic mass is 32.2. The Hall–Kier alpha value is -3.58. The maximum Gasteiger partial charge on any atom is 0.233 e. The lowest BCUT2D eigenvalue weighted by atomic mass is 10.1. The van der Waals surface area contributed by atoms with Crippen LogP contribution in [-0.4, -0.2) is 45.5 Å². The van der Waals surface area contributed by atoms with Gasteiger partial charge in [-0.1, -0.05) is 65.9 Å². The molecule has 0 atom stereocenters. The SMILES string of the molecule is COc1ccccc1-c1nnc(SCC(=O)N(C)Cc2ccccc2C)n1-c1ccc(C)cc1. The fraction of sp³-hybridized carbons (Fsp3) is 0.222. The zero-order valence-corrected chi connectivity index (χ0v) is 20.7. The molecule has 1 heterocycles. The highest BCUT2D eigenvalue weighted by molar-refractivity contribution is 7.99. The molecule has 0 N–H and O–H groups in total.